The van der Waals surface area contributed by atoms with E-state index in [-0.39, 0.29) is 5.91 Å². The van der Waals surface area contributed by atoms with Crippen LogP contribution in [0.4, 0.5) is 0 Å². The number of hydrogen-bond donors (Lipinski definition) is 1. The molecule has 1 N–H and O–H groups in total. The summed E-state index contributed by atoms with van der Waals surface area (Å²) >= 11 is 1.81. The second kappa shape index (κ2) is 7.14. The molecule has 0 aliphatic rings. The highest BCUT2D eigenvalue weighted by molar-refractivity contribution is 7.99. The van der Waals surface area contributed by atoms with Crippen molar-refractivity contribution in [1.82, 2.24) is 15.1 Å². The molecule has 1 aromatic heterocycles. The first-order chi connectivity index (χ1) is 9.72. The average molecular weight is 289 g/mol. The minimum Gasteiger partial charge on any atom is -0.350 e. The minimum atomic E-state index is -0.112. The fraction of sp³-hybridized carbons (Fsp3) is 0.333. The van der Waals surface area contributed by atoms with Crippen LogP contribution in [-0.4, -0.2) is 33.7 Å². The van der Waals surface area contributed by atoms with Gasteiger partial charge in [0.25, 0.3) is 5.91 Å². The second-order valence-electron chi connectivity index (χ2n) is 4.36. The van der Waals surface area contributed by atoms with E-state index in [1.165, 1.54) is 0 Å². The van der Waals surface area contributed by atoms with Crippen LogP contribution in [0.5, 0.6) is 0 Å². The number of thioether (sulfide) groups is 1. The number of nitrogens with zero attached hydrogens (tertiary/aromatic N) is 2. The van der Waals surface area contributed by atoms with E-state index in [2.05, 4.69) is 17.3 Å². The average Bonchev–Trinajstić information content (AvgIpc) is 2.86. The van der Waals surface area contributed by atoms with Gasteiger partial charge in [-0.05, 0) is 17.4 Å². The van der Waals surface area contributed by atoms with Gasteiger partial charge in [-0.1, -0.05) is 37.3 Å². The summed E-state index contributed by atoms with van der Waals surface area (Å²) in [6.45, 7) is 2.78. The molecule has 2 rings (SSSR count). The molecule has 0 spiro atoms. The van der Waals surface area contributed by atoms with Crippen LogP contribution in [0.25, 0.3) is 11.3 Å². The van der Waals surface area contributed by atoms with E-state index < -0.39 is 0 Å². The Kier molecular flexibility index (Phi) is 5.24. The van der Waals surface area contributed by atoms with Crippen molar-refractivity contribution >= 4 is 17.7 Å². The number of benzene rings is 1. The van der Waals surface area contributed by atoms with Crippen LogP contribution in [-0.2, 0) is 7.05 Å². The van der Waals surface area contributed by atoms with Crippen molar-refractivity contribution in [3.05, 3.63) is 42.1 Å². The fourth-order valence-corrected chi connectivity index (χ4v) is 2.46. The number of rotatable bonds is 6. The highest BCUT2D eigenvalue weighted by atomic mass is 32.2. The SMILES string of the molecule is CCSCCNC(=O)c1cc(-c2ccccc2)n(C)n1. The highest BCUT2D eigenvalue weighted by Crippen LogP contribution is 2.19. The van der Waals surface area contributed by atoms with Crippen molar-refractivity contribution in [2.75, 3.05) is 18.1 Å². The van der Waals surface area contributed by atoms with Gasteiger partial charge < -0.3 is 5.32 Å². The van der Waals surface area contributed by atoms with Gasteiger partial charge in [0.1, 0.15) is 0 Å². The van der Waals surface area contributed by atoms with Crippen LogP contribution >= 0.6 is 11.8 Å². The number of aromatic nitrogens is 2. The summed E-state index contributed by atoms with van der Waals surface area (Å²) < 4.78 is 1.74. The zero-order chi connectivity index (χ0) is 14.4. The molecule has 4 nitrogen and oxygen atoms in total. The lowest BCUT2D eigenvalue weighted by Gasteiger charge is -2.01. The van der Waals surface area contributed by atoms with Crippen molar-refractivity contribution in [1.29, 1.82) is 0 Å². The molecule has 0 aliphatic carbocycles. The van der Waals surface area contributed by atoms with Gasteiger partial charge in [-0.25, -0.2) is 0 Å². The van der Waals surface area contributed by atoms with Gasteiger partial charge in [0.05, 0.1) is 5.69 Å². The molecule has 0 bridgehead atoms. The molecule has 0 atom stereocenters. The lowest BCUT2D eigenvalue weighted by molar-refractivity contribution is 0.0950. The maximum atomic E-state index is 12.0. The van der Waals surface area contributed by atoms with Crippen molar-refractivity contribution in [2.24, 2.45) is 7.05 Å². The largest absolute Gasteiger partial charge is 0.350 e. The molecule has 2 aromatic rings. The molecule has 0 saturated carbocycles. The smallest absolute Gasteiger partial charge is 0.271 e. The molecule has 20 heavy (non-hydrogen) atoms. The molecule has 0 radical (unpaired) electrons. The molecule has 106 valence electrons. The summed E-state index contributed by atoms with van der Waals surface area (Å²) in [4.78, 5) is 12.0. The van der Waals surface area contributed by atoms with Gasteiger partial charge in [-0.2, -0.15) is 16.9 Å². The summed E-state index contributed by atoms with van der Waals surface area (Å²) in [6.07, 6.45) is 0. The van der Waals surface area contributed by atoms with Gasteiger partial charge in [0, 0.05) is 19.3 Å². The monoisotopic (exact) mass is 289 g/mol. The van der Waals surface area contributed by atoms with E-state index in [0.717, 1.165) is 22.8 Å². The van der Waals surface area contributed by atoms with Crippen LogP contribution in [0.1, 0.15) is 17.4 Å². The van der Waals surface area contributed by atoms with Crippen LogP contribution in [0, 0.1) is 0 Å². The Labute approximate surface area is 123 Å². The Hall–Kier alpha value is -1.75. The first-order valence-electron chi connectivity index (χ1n) is 6.67. The molecule has 0 unspecified atom stereocenters. The van der Waals surface area contributed by atoms with Gasteiger partial charge in [-0.15, -0.1) is 0 Å². The fourth-order valence-electron chi connectivity index (χ4n) is 1.93. The van der Waals surface area contributed by atoms with Gasteiger partial charge in [0.2, 0.25) is 0 Å². The van der Waals surface area contributed by atoms with Gasteiger partial charge >= 0.3 is 0 Å². The maximum absolute atomic E-state index is 12.0. The van der Waals surface area contributed by atoms with E-state index in [0.29, 0.717) is 12.2 Å². The van der Waals surface area contributed by atoms with Crippen molar-refractivity contribution in [2.45, 2.75) is 6.92 Å². The lowest BCUT2D eigenvalue weighted by atomic mass is 10.1. The lowest BCUT2D eigenvalue weighted by Crippen LogP contribution is -2.26. The van der Waals surface area contributed by atoms with Crippen molar-refractivity contribution < 1.29 is 4.79 Å². The number of carbonyl (C=O) groups excluding carboxylic acids is 1. The first-order valence-corrected chi connectivity index (χ1v) is 7.83. The van der Waals surface area contributed by atoms with E-state index in [1.54, 1.807) is 4.68 Å². The quantitative estimate of drug-likeness (QED) is 0.831. The summed E-state index contributed by atoms with van der Waals surface area (Å²) in [5.41, 5.74) is 2.47. The molecule has 5 heteroatoms. The standard InChI is InChI=1S/C15H19N3OS/c1-3-20-10-9-16-15(19)13-11-14(18(2)17-13)12-7-5-4-6-8-12/h4-8,11H,3,9-10H2,1-2H3,(H,16,19). The summed E-state index contributed by atoms with van der Waals surface area (Å²) in [5, 5.41) is 7.17. The van der Waals surface area contributed by atoms with E-state index in [4.69, 9.17) is 0 Å². The normalized spacial score (nSPS) is 10.5. The molecule has 1 aromatic carbocycles. The van der Waals surface area contributed by atoms with Gasteiger partial charge in [-0.3, -0.25) is 9.48 Å². The predicted molar refractivity (Wildman–Crippen MR) is 84.0 cm³/mol. The summed E-state index contributed by atoms with van der Waals surface area (Å²) in [6, 6.07) is 11.8. The van der Waals surface area contributed by atoms with Crippen LogP contribution < -0.4 is 5.32 Å². The van der Waals surface area contributed by atoms with Crippen molar-refractivity contribution in [3.8, 4) is 11.3 Å². The predicted octanol–water partition coefficient (Wildman–Crippen LogP) is 2.57. The van der Waals surface area contributed by atoms with Gasteiger partial charge in [0.15, 0.2) is 5.69 Å². The Morgan fingerprint density at radius 1 is 1.35 bits per heavy atom. The Morgan fingerprint density at radius 2 is 2.10 bits per heavy atom. The highest BCUT2D eigenvalue weighted by Gasteiger charge is 2.13. The topological polar surface area (TPSA) is 46.9 Å². The first kappa shape index (κ1) is 14.7. The maximum Gasteiger partial charge on any atom is 0.271 e. The Balaban J connectivity index is 2.05. The Bertz CT molecular complexity index is 566. The van der Waals surface area contributed by atoms with Crippen LogP contribution in [0.2, 0.25) is 0 Å². The Morgan fingerprint density at radius 3 is 2.80 bits per heavy atom. The number of amides is 1. The molecular formula is C15H19N3OS. The molecular weight excluding hydrogens is 270 g/mol. The summed E-state index contributed by atoms with van der Waals surface area (Å²) in [7, 11) is 1.85. The molecule has 0 fully saturated rings. The minimum absolute atomic E-state index is 0.112. The number of nitrogens with one attached hydrogen (secondary N) is 1. The second-order valence-corrected chi connectivity index (χ2v) is 5.75. The van der Waals surface area contributed by atoms with Crippen LogP contribution in [0.3, 0.4) is 0 Å². The number of aryl methyl sites for hydroxylation is 1. The van der Waals surface area contributed by atoms with E-state index in [9.17, 15) is 4.79 Å². The number of hydrogen-bond acceptors (Lipinski definition) is 3. The third kappa shape index (κ3) is 3.63. The van der Waals surface area contributed by atoms with E-state index >= 15 is 0 Å². The molecule has 1 amide bonds. The third-order valence-corrected chi connectivity index (χ3v) is 3.82. The molecule has 1 heterocycles. The van der Waals surface area contributed by atoms with E-state index in [1.807, 2.05) is 55.2 Å². The molecule has 0 saturated heterocycles. The number of carbonyl (C=O) groups is 1. The summed E-state index contributed by atoms with van der Waals surface area (Å²) in [5.74, 6) is 1.89. The van der Waals surface area contributed by atoms with Crippen LogP contribution in [0.15, 0.2) is 36.4 Å². The van der Waals surface area contributed by atoms with Crippen molar-refractivity contribution in [3.63, 3.8) is 0 Å². The zero-order valence-electron chi connectivity index (χ0n) is 11.8. The zero-order valence-corrected chi connectivity index (χ0v) is 12.6. The molecule has 0 aliphatic heterocycles. The third-order valence-electron chi connectivity index (χ3n) is 2.92.